The molecule has 0 heterocycles. The third-order valence-electron chi connectivity index (χ3n) is 19.3. The van der Waals surface area contributed by atoms with Crippen LogP contribution < -0.4 is 5.32 Å². The quantitative estimate of drug-likeness (QED) is 0.0320. The van der Waals surface area contributed by atoms with E-state index in [-0.39, 0.29) is 18.5 Å². The number of unbranched alkanes of at least 4 members (excludes halogenated alkanes) is 64. The topological polar surface area (TPSA) is 95.9 Å². The molecule has 0 saturated heterocycles. The molecule has 518 valence electrons. The first-order chi connectivity index (χ1) is 43.0. The number of carbonyl (C=O) groups excluding carboxylic acids is 2. The highest BCUT2D eigenvalue weighted by atomic mass is 16.5. The van der Waals surface area contributed by atoms with Crippen molar-refractivity contribution in [3.05, 3.63) is 12.2 Å². The van der Waals surface area contributed by atoms with E-state index in [4.69, 9.17) is 4.74 Å². The number of nitrogens with one attached hydrogen (secondary N) is 1. The first-order valence-corrected chi connectivity index (χ1v) is 40.4. The molecule has 0 saturated carbocycles. The van der Waals surface area contributed by atoms with E-state index >= 15 is 0 Å². The van der Waals surface area contributed by atoms with Gasteiger partial charge in [0.05, 0.1) is 25.4 Å². The molecule has 0 bridgehead atoms. The standard InChI is InChI=1S/C81H159NO5/c1-3-5-7-9-11-13-15-17-19-20-21-22-36-39-42-46-49-53-57-61-65-69-73-79(84)78(77-83)82-80(85)74-70-66-62-58-54-50-47-43-40-37-34-32-30-28-26-24-23-25-27-29-31-33-35-38-41-44-48-52-56-60-64-68-72-76-87-81(86)75-71-67-63-59-55-51-45-18-16-14-12-10-8-6-4-2/h27,29,78-79,83-84H,3-26,28,30-77H2,1-2H3,(H,82,85)/b29-27-. The Kier molecular flexibility index (Phi) is 75.8. The van der Waals surface area contributed by atoms with Gasteiger partial charge in [-0.05, 0) is 51.4 Å². The van der Waals surface area contributed by atoms with Gasteiger partial charge >= 0.3 is 5.97 Å². The number of aliphatic hydroxyl groups is 2. The number of ether oxygens (including phenoxy) is 1. The molecule has 6 nitrogen and oxygen atoms in total. The molecule has 0 aromatic heterocycles. The Bertz CT molecular complexity index is 1320. The van der Waals surface area contributed by atoms with E-state index in [1.54, 1.807) is 0 Å². The second kappa shape index (κ2) is 77.1. The van der Waals surface area contributed by atoms with Crippen molar-refractivity contribution in [2.75, 3.05) is 13.2 Å². The van der Waals surface area contributed by atoms with Crippen LogP contribution in [0.2, 0.25) is 0 Å². The molecule has 2 unspecified atom stereocenters. The van der Waals surface area contributed by atoms with Crippen LogP contribution in [0.3, 0.4) is 0 Å². The molecule has 6 heteroatoms. The highest BCUT2D eigenvalue weighted by Crippen LogP contribution is 2.20. The van der Waals surface area contributed by atoms with Gasteiger partial charge in [0.2, 0.25) is 5.91 Å². The summed E-state index contributed by atoms with van der Waals surface area (Å²) in [6.45, 7) is 5.02. The molecule has 0 aliphatic carbocycles. The number of aliphatic hydroxyl groups excluding tert-OH is 2. The zero-order valence-electron chi connectivity index (χ0n) is 59.5. The zero-order chi connectivity index (χ0) is 62.8. The van der Waals surface area contributed by atoms with E-state index in [2.05, 4.69) is 31.3 Å². The number of allylic oxidation sites excluding steroid dienone is 2. The maximum atomic E-state index is 12.6. The molecular formula is C81H159NO5. The van der Waals surface area contributed by atoms with E-state index in [0.717, 1.165) is 38.5 Å². The number of hydrogen-bond acceptors (Lipinski definition) is 5. The average molecular weight is 1230 g/mol. The lowest BCUT2D eigenvalue weighted by Gasteiger charge is -2.22. The Hall–Kier alpha value is -1.40. The predicted octanol–water partition coefficient (Wildman–Crippen LogP) is 26.7. The highest BCUT2D eigenvalue weighted by molar-refractivity contribution is 5.76. The van der Waals surface area contributed by atoms with Gasteiger partial charge < -0.3 is 20.3 Å². The Balaban J connectivity index is 3.34. The number of hydrogen-bond donors (Lipinski definition) is 3. The van der Waals surface area contributed by atoms with Crippen molar-refractivity contribution in [2.45, 2.75) is 482 Å². The number of rotatable bonds is 77. The summed E-state index contributed by atoms with van der Waals surface area (Å²) in [4.78, 5) is 24.7. The Morgan fingerprint density at radius 3 is 0.816 bits per heavy atom. The summed E-state index contributed by atoms with van der Waals surface area (Å²) in [5.41, 5.74) is 0. The third kappa shape index (κ3) is 73.5. The lowest BCUT2D eigenvalue weighted by Crippen LogP contribution is -2.45. The second-order valence-corrected chi connectivity index (χ2v) is 28.1. The van der Waals surface area contributed by atoms with Crippen molar-refractivity contribution >= 4 is 11.9 Å². The van der Waals surface area contributed by atoms with E-state index in [0.29, 0.717) is 25.9 Å². The van der Waals surface area contributed by atoms with Crippen molar-refractivity contribution in [1.29, 1.82) is 0 Å². The van der Waals surface area contributed by atoms with Gasteiger partial charge in [0.15, 0.2) is 0 Å². The number of amides is 1. The summed E-state index contributed by atoms with van der Waals surface area (Å²) in [5.74, 6) is -0.00297. The van der Waals surface area contributed by atoms with Crippen LogP contribution in [-0.2, 0) is 14.3 Å². The summed E-state index contributed by atoms with van der Waals surface area (Å²) in [7, 11) is 0. The minimum absolute atomic E-state index is 0.0229. The smallest absolute Gasteiger partial charge is 0.305 e. The summed E-state index contributed by atoms with van der Waals surface area (Å²) >= 11 is 0. The predicted molar refractivity (Wildman–Crippen MR) is 384 cm³/mol. The van der Waals surface area contributed by atoms with E-state index in [9.17, 15) is 19.8 Å². The van der Waals surface area contributed by atoms with Crippen LogP contribution in [0.1, 0.15) is 470 Å². The Morgan fingerprint density at radius 1 is 0.310 bits per heavy atom. The van der Waals surface area contributed by atoms with Crippen LogP contribution in [-0.4, -0.2) is 47.4 Å². The molecule has 1 amide bonds. The largest absolute Gasteiger partial charge is 0.466 e. The van der Waals surface area contributed by atoms with Crippen molar-refractivity contribution in [3.8, 4) is 0 Å². The fraction of sp³-hybridized carbons (Fsp3) is 0.951. The molecule has 3 N–H and O–H groups in total. The fourth-order valence-corrected chi connectivity index (χ4v) is 13.2. The summed E-state index contributed by atoms with van der Waals surface area (Å²) in [6, 6.07) is -0.540. The maximum absolute atomic E-state index is 12.6. The van der Waals surface area contributed by atoms with Gasteiger partial charge in [0.25, 0.3) is 0 Å². The van der Waals surface area contributed by atoms with Crippen molar-refractivity contribution in [1.82, 2.24) is 5.32 Å². The molecule has 0 aromatic rings. The van der Waals surface area contributed by atoms with Crippen LogP contribution in [0, 0.1) is 0 Å². The van der Waals surface area contributed by atoms with Gasteiger partial charge in [-0.1, -0.05) is 418 Å². The van der Waals surface area contributed by atoms with Gasteiger partial charge in [-0.2, -0.15) is 0 Å². The van der Waals surface area contributed by atoms with E-state index in [1.165, 1.54) is 398 Å². The summed E-state index contributed by atoms with van der Waals surface area (Å²) in [5, 5.41) is 23.5. The van der Waals surface area contributed by atoms with Gasteiger partial charge in [0.1, 0.15) is 0 Å². The monoisotopic (exact) mass is 1230 g/mol. The Morgan fingerprint density at radius 2 is 0.540 bits per heavy atom. The molecule has 0 fully saturated rings. The maximum Gasteiger partial charge on any atom is 0.305 e. The zero-order valence-corrected chi connectivity index (χ0v) is 59.5. The lowest BCUT2D eigenvalue weighted by atomic mass is 10.0. The molecular weight excluding hydrogens is 1070 g/mol. The fourth-order valence-electron chi connectivity index (χ4n) is 13.2. The minimum atomic E-state index is -0.663. The van der Waals surface area contributed by atoms with Crippen LogP contribution in [0.15, 0.2) is 12.2 Å². The van der Waals surface area contributed by atoms with Crippen LogP contribution >= 0.6 is 0 Å². The van der Waals surface area contributed by atoms with Crippen LogP contribution in [0.25, 0.3) is 0 Å². The van der Waals surface area contributed by atoms with Gasteiger partial charge in [-0.15, -0.1) is 0 Å². The van der Waals surface area contributed by atoms with E-state index in [1.807, 2.05) is 0 Å². The number of carbonyl (C=O) groups is 2. The average Bonchev–Trinajstić information content (AvgIpc) is 3.58. The molecule has 0 aromatic carbocycles. The van der Waals surface area contributed by atoms with E-state index < -0.39 is 12.1 Å². The highest BCUT2D eigenvalue weighted by Gasteiger charge is 2.20. The van der Waals surface area contributed by atoms with Crippen LogP contribution in [0.5, 0.6) is 0 Å². The SMILES string of the molecule is CCCCCCCCCCCCCCCCCCCCCCCCC(O)C(CO)NC(=O)CCCCCCCCCCCCCCCCCCC/C=C\CCCCCCCCCCCCCCOC(=O)CCCCCCCCCCCCCCCCC. The molecule has 0 spiro atoms. The van der Waals surface area contributed by atoms with Crippen molar-refractivity contribution in [2.24, 2.45) is 0 Å². The van der Waals surface area contributed by atoms with Crippen molar-refractivity contribution < 1.29 is 24.5 Å². The molecule has 0 radical (unpaired) electrons. The first-order valence-electron chi connectivity index (χ1n) is 40.4. The Labute approximate surface area is 546 Å². The van der Waals surface area contributed by atoms with Gasteiger partial charge in [0, 0.05) is 12.8 Å². The van der Waals surface area contributed by atoms with Crippen LogP contribution in [0.4, 0.5) is 0 Å². The number of esters is 1. The van der Waals surface area contributed by atoms with Gasteiger partial charge in [-0.3, -0.25) is 9.59 Å². The minimum Gasteiger partial charge on any atom is -0.466 e. The lowest BCUT2D eigenvalue weighted by molar-refractivity contribution is -0.143. The van der Waals surface area contributed by atoms with Gasteiger partial charge in [-0.25, -0.2) is 0 Å². The molecule has 0 aliphatic heterocycles. The summed E-state index contributed by atoms with van der Waals surface area (Å²) < 4.78 is 5.51. The summed E-state index contributed by atoms with van der Waals surface area (Å²) in [6.07, 6.45) is 97.4. The second-order valence-electron chi connectivity index (χ2n) is 28.1. The molecule has 2 atom stereocenters. The molecule has 87 heavy (non-hydrogen) atoms. The molecule has 0 aliphatic rings. The third-order valence-corrected chi connectivity index (χ3v) is 19.3. The first kappa shape index (κ1) is 85.6. The normalized spacial score (nSPS) is 12.5. The van der Waals surface area contributed by atoms with Crippen molar-refractivity contribution in [3.63, 3.8) is 0 Å². The molecule has 0 rings (SSSR count).